The molecule has 3 heteroatoms. The molecule has 0 saturated carbocycles. The van der Waals surface area contributed by atoms with E-state index in [9.17, 15) is 0 Å². The molecule has 1 fully saturated rings. The molecular formula is C21H21ClN2. The van der Waals surface area contributed by atoms with Gasteiger partial charge in [-0.2, -0.15) is 0 Å². The molecule has 1 heterocycles. The molecule has 1 saturated heterocycles. The van der Waals surface area contributed by atoms with Gasteiger partial charge in [0, 0.05) is 43.4 Å². The Morgan fingerprint density at radius 1 is 0.750 bits per heavy atom. The first kappa shape index (κ1) is 15.5. The molecular weight excluding hydrogens is 316 g/mol. The number of benzene rings is 3. The van der Waals surface area contributed by atoms with Crippen LogP contribution in [0.1, 0.15) is 5.56 Å². The highest BCUT2D eigenvalue weighted by molar-refractivity contribution is 6.30. The highest BCUT2D eigenvalue weighted by Gasteiger charge is 2.17. The third-order valence-electron chi connectivity index (χ3n) is 4.79. The van der Waals surface area contributed by atoms with Gasteiger partial charge in [-0.15, -0.1) is 0 Å². The molecule has 0 N–H and O–H groups in total. The van der Waals surface area contributed by atoms with Crippen molar-refractivity contribution in [1.29, 1.82) is 0 Å². The van der Waals surface area contributed by atoms with Crippen molar-refractivity contribution in [3.05, 3.63) is 77.3 Å². The zero-order chi connectivity index (χ0) is 16.4. The molecule has 3 aromatic rings. The predicted octanol–water partition coefficient (Wildman–Crippen LogP) is 4.82. The van der Waals surface area contributed by atoms with Gasteiger partial charge in [0.05, 0.1) is 0 Å². The molecule has 1 aliphatic heterocycles. The Bertz CT molecular complexity index is 821. The van der Waals surface area contributed by atoms with Crippen molar-refractivity contribution in [2.24, 2.45) is 0 Å². The molecule has 3 aromatic carbocycles. The minimum atomic E-state index is 0.805. The zero-order valence-corrected chi connectivity index (χ0v) is 14.4. The number of hydrogen-bond donors (Lipinski definition) is 0. The van der Waals surface area contributed by atoms with Crippen LogP contribution in [0.5, 0.6) is 0 Å². The van der Waals surface area contributed by atoms with Crippen LogP contribution in [0.25, 0.3) is 10.8 Å². The van der Waals surface area contributed by atoms with E-state index in [0.717, 1.165) is 37.7 Å². The van der Waals surface area contributed by atoms with E-state index in [1.165, 1.54) is 22.0 Å². The Morgan fingerprint density at radius 3 is 2.21 bits per heavy atom. The fraction of sp³-hybridized carbons (Fsp3) is 0.238. The highest BCUT2D eigenvalue weighted by Crippen LogP contribution is 2.23. The molecule has 0 radical (unpaired) electrons. The van der Waals surface area contributed by atoms with Gasteiger partial charge in [0.2, 0.25) is 0 Å². The molecule has 0 bridgehead atoms. The minimum absolute atomic E-state index is 0.805. The van der Waals surface area contributed by atoms with Crippen LogP contribution in [-0.4, -0.2) is 31.1 Å². The van der Waals surface area contributed by atoms with Crippen LogP contribution in [-0.2, 0) is 6.54 Å². The summed E-state index contributed by atoms with van der Waals surface area (Å²) in [6.45, 7) is 5.34. The van der Waals surface area contributed by atoms with Crippen molar-refractivity contribution < 1.29 is 0 Å². The van der Waals surface area contributed by atoms with Crippen LogP contribution in [0, 0.1) is 0 Å². The maximum Gasteiger partial charge on any atom is 0.0406 e. The van der Waals surface area contributed by atoms with E-state index in [1.54, 1.807) is 0 Å². The summed E-state index contributed by atoms with van der Waals surface area (Å²) >= 11 is 5.96. The van der Waals surface area contributed by atoms with Crippen LogP contribution in [0.15, 0.2) is 66.7 Å². The van der Waals surface area contributed by atoms with E-state index in [-0.39, 0.29) is 0 Å². The van der Waals surface area contributed by atoms with Crippen molar-refractivity contribution in [3.63, 3.8) is 0 Å². The topological polar surface area (TPSA) is 6.48 Å². The maximum absolute atomic E-state index is 5.96. The lowest BCUT2D eigenvalue weighted by atomic mass is 10.1. The number of nitrogens with zero attached hydrogens (tertiary/aromatic N) is 2. The first-order valence-electron chi connectivity index (χ1n) is 8.48. The Morgan fingerprint density at radius 2 is 1.46 bits per heavy atom. The van der Waals surface area contributed by atoms with Crippen LogP contribution in [0.4, 0.5) is 5.69 Å². The molecule has 24 heavy (non-hydrogen) atoms. The molecule has 0 spiro atoms. The number of rotatable bonds is 3. The Balaban J connectivity index is 1.40. The second-order valence-electron chi connectivity index (χ2n) is 6.42. The first-order chi connectivity index (χ1) is 11.8. The van der Waals surface area contributed by atoms with Gasteiger partial charge in [-0.1, -0.05) is 54.1 Å². The number of hydrogen-bond acceptors (Lipinski definition) is 2. The maximum atomic E-state index is 5.96. The quantitative estimate of drug-likeness (QED) is 0.677. The first-order valence-corrected chi connectivity index (χ1v) is 8.86. The molecule has 1 aliphatic rings. The van der Waals surface area contributed by atoms with Gasteiger partial charge >= 0.3 is 0 Å². The third-order valence-corrected chi connectivity index (χ3v) is 5.04. The largest absolute Gasteiger partial charge is 0.369 e. The zero-order valence-electron chi connectivity index (χ0n) is 13.7. The summed E-state index contributed by atoms with van der Waals surface area (Å²) in [5.74, 6) is 0. The summed E-state index contributed by atoms with van der Waals surface area (Å²) in [6.07, 6.45) is 0. The predicted molar refractivity (Wildman–Crippen MR) is 103 cm³/mol. The smallest absolute Gasteiger partial charge is 0.0406 e. The van der Waals surface area contributed by atoms with E-state index in [2.05, 4.69) is 64.4 Å². The number of halogens is 1. The van der Waals surface area contributed by atoms with Crippen molar-refractivity contribution in [3.8, 4) is 0 Å². The second kappa shape index (κ2) is 6.84. The van der Waals surface area contributed by atoms with E-state index in [4.69, 9.17) is 11.6 Å². The second-order valence-corrected chi connectivity index (χ2v) is 6.86. The van der Waals surface area contributed by atoms with Gasteiger partial charge in [0.25, 0.3) is 0 Å². The molecule has 2 nitrogen and oxygen atoms in total. The van der Waals surface area contributed by atoms with E-state index in [1.807, 2.05) is 12.1 Å². The lowest BCUT2D eigenvalue weighted by Gasteiger charge is -2.36. The SMILES string of the molecule is Clc1ccc(CN2CCN(c3ccc4ccccc4c3)CC2)cc1. The summed E-state index contributed by atoms with van der Waals surface area (Å²) in [5.41, 5.74) is 2.67. The summed E-state index contributed by atoms with van der Waals surface area (Å²) in [6, 6.07) is 23.5. The van der Waals surface area contributed by atoms with Crippen molar-refractivity contribution >= 4 is 28.1 Å². The number of anilines is 1. The summed E-state index contributed by atoms with van der Waals surface area (Å²) in [5, 5.41) is 3.43. The van der Waals surface area contributed by atoms with Crippen molar-refractivity contribution in [2.75, 3.05) is 31.1 Å². The lowest BCUT2D eigenvalue weighted by Crippen LogP contribution is -2.45. The van der Waals surface area contributed by atoms with Gasteiger partial charge in [-0.05, 0) is 40.6 Å². The molecule has 0 aromatic heterocycles. The monoisotopic (exact) mass is 336 g/mol. The molecule has 0 amide bonds. The standard InChI is InChI=1S/C21H21ClN2/c22-20-8-5-17(6-9-20)16-23-11-13-24(14-12-23)21-10-7-18-3-1-2-4-19(18)15-21/h1-10,15H,11-14,16H2. The average Bonchev–Trinajstić information content (AvgIpc) is 2.64. The van der Waals surface area contributed by atoms with E-state index >= 15 is 0 Å². The number of piperazine rings is 1. The van der Waals surface area contributed by atoms with Gasteiger partial charge in [0.1, 0.15) is 0 Å². The van der Waals surface area contributed by atoms with Crippen molar-refractivity contribution in [2.45, 2.75) is 6.54 Å². The molecule has 122 valence electrons. The van der Waals surface area contributed by atoms with Crippen LogP contribution < -0.4 is 4.90 Å². The van der Waals surface area contributed by atoms with Crippen LogP contribution in [0.3, 0.4) is 0 Å². The van der Waals surface area contributed by atoms with Crippen LogP contribution >= 0.6 is 11.6 Å². The fourth-order valence-corrected chi connectivity index (χ4v) is 3.51. The Labute approximate surface area is 148 Å². The summed E-state index contributed by atoms with van der Waals surface area (Å²) in [4.78, 5) is 5.01. The van der Waals surface area contributed by atoms with E-state index in [0.29, 0.717) is 0 Å². The third kappa shape index (κ3) is 3.40. The van der Waals surface area contributed by atoms with E-state index < -0.39 is 0 Å². The molecule has 0 atom stereocenters. The van der Waals surface area contributed by atoms with Crippen LogP contribution in [0.2, 0.25) is 5.02 Å². The fourth-order valence-electron chi connectivity index (χ4n) is 3.39. The average molecular weight is 337 g/mol. The summed E-state index contributed by atoms with van der Waals surface area (Å²) in [7, 11) is 0. The van der Waals surface area contributed by atoms with Gasteiger partial charge < -0.3 is 4.90 Å². The minimum Gasteiger partial charge on any atom is -0.369 e. The molecule has 0 aliphatic carbocycles. The van der Waals surface area contributed by atoms with Crippen molar-refractivity contribution in [1.82, 2.24) is 4.90 Å². The lowest BCUT2D eigenvalue weighted by molar-refractivity contribution is 0.250. The number of fused-ring (bicyclic) bond motifs is 1. The highest BCUT2D eigenvalue weighted by atomic mass is 35.5. The normalized spacial score (nSPS) is 15.8. The summed E-state index contributed by atoms with van der Waals surface area (Å²) < 4.78 is 0. The Hall–Kier alpha value is -2.03. The van der Waals surface area contributed by atoms with Gasteiger partial charge in [0.15, 0.2) is 0 Å². The van der Waals surface area contributed by atoms with Gasteiger partial charge in [-0.25, -0.2) is 0 Å². The Kier molecular flexibility index (Phi) is 4.42. The van der Waals surface area contributed by atoms with Gasteiger partial charge in [-0.3, -0.25) is 4.90 Å². The molecule has 4 rings (SSSR count). The molecule has 0 unspecified atom stereocenters.